The average Bonchev–Trinajstić information content (AvgIpc) is 2.16. The number of halogens is 1. The fourth-order valence-electron chi connectivity index (χ4n) is 1.47. The van der Waals surface area contributed by atoms with Gasteiger partial charge in [0.25, 0.3) is 0 Å². The van der Waals surface area contributed by atoms with E-state index in [9.17, 15) is 8.42 Å². The first-order valence-electron chi connectivity index (χ1n) is 5.13. The first-order valence-corrected chi connectivity index (χ1v) is 7.53. The molecule has 1 rings (SSSR count). The maximum atomic E-state index is 11.9. The molecule has 16 heavy (non-hydrogen) atoms. The van der Waals surface area contributed by atoms with Gasteiger partial charge in [-0.15, -0.1) is 0 Å². The Morgan fingerprint density at radius 2 is 1.81 bits per heavy atom. The van der Waals surface area contributed by atoms with E-state index in [4.69, 9.17) is 0 Å². The Balaban J connectivity index is 2.73. The Labute approximate surface area is 105 Å². The SMILES string of the molecule is CC(Br)CC(C)NS(=O)(=O)c1ccccc1. The van der Waals surface area contributed by atoms with Crippen LogP contribution in [0.5, 0.6) is 0 Å². The number of hydrogen-bond acceptors (Lipinski definition) is 2. The van der Waals surface area contributed by atoms with Crippen molar-refractivity contribution in [1.82, 2.24) is 4.72 Å². The van der Waals surface area contributed by atoms with Crippen LogP contribution in [0.2, 0.25) is 0 Å². The molecule has 0 aliphatic rings. The van der Waals surface area contributed by atoms with Gasteiger partial charge in [0.2, 0.25) is 10.0 Å². The molecule has 90 valence electrons. The highest BCUT2D eigenvalue weighted by Gasteiger charge is 2.17. The van der Waals surface area contributed by atoms with E-state index < -0.39 is 10.0 Å². The van der Waals surface area contributed by atoms with Gasteiger partial charge in [0.1, 0.15) is 0 Å². The van der Waals surface area contributed by atoms with Gasteiger partial charge >= 0.3 is 0 Å². The normalized spacial score (nSPS) is 15.7. The lowest BCUT2D eigenvalue weighted by Crippen LogP contribution is -2.33. The Morgan fingerprint density at radius 1 is 1.25 bits per heavy atom. The summed E-state index contributed by atoms with van der Waals surface area (Å²) in [7, 11) is -3.38. The summed E-state index contributed by atoms with van der Waals surface area (Å²) >= 11 is 3.40. The highest BCUT2D eigenvalue weighted by Crippen LogP contribution is 2.11. The zero-order valence-corrected chi connectivity index (χ0v) is 11.8. The number of nitrogens with one attached hydrogen (secondary N) is 1. The van der Waals surface area contributed by atoms with Gasteiger partial charge in [-0.3, -0.25) is 0 Å². The predicted octanol–water partition coefficient (Wildman–Crippen LogP) is 2.53. The first kappa shape index (κ1) is 13.7. The molecule has 0 radical (unpaired) electrons. The molecule has 1 aromatic carbocycles. The fourth-order valence-corrected chi connectivity index (χ4v) is 3.31. The quantitative estimate of drug-likeness (QED) is 0.850. The molecule has 0 fully saturated rings. The highest BCUT2D eigenvalue weighted by atomic mass is 79.9. The zero-order chi connectivity index (χ0) is 12.2. The lowest BCUT2D eigenvalue weighted by atomic mass is 10.2. The van der Waals surface area contributed by atoms with E-state index in [1.165, 1.54) is 0 Å². The van der Waals surface area contributed by atoms with Gasteiger partial charge in [-0.1, -0.05) is 41.1 Å². The number of hydrogen-bond donors (Lipinski definition) is 1. The van der Waals surface area contributed by atoms with Gasteiger partial charge in [0.05, 0.1) is 4.90 Å². The summed E-state index contributed by atoms with van der Waals surface area (Å²) in [6.45, 7) is 3.85. The Hall–Kier alpha value is -0.390. The van der Waals surface area contributed by atoms with E-state index in [1.807, 2.05) is 13.8 Å². The van der Waals surface area contributed by atoms with Crippen molar-refractivity contribution in [3.8, 4) is 0 Å². The average molecular weight is 306 g/mol. The largest absolute Gasteiger partial charge is 0.240 e. The maximum Gasteiger partial charge on any atom is 0.240 e. The summed E-state index contributed by atoms with van der Waals surface area (Å²) in [6.07, 6.45) is 0.756. The van der Waals surface area contributed by atoms with Crippen LogP contribution in [0.4, 0.5) is 0 Å². The fraction of sp³-hybridized carbons (Fsp3) is 0.455. The monoisotopic (exact) mass is 305 g/mol. The van der Waals surface area contributed by atoms with E-state index in [1.54, 1.807) is 30.3 Å². The number of sulfonamides is 1. The van der Waals surface area contributed by atoms with Crippen molar-refractivity contribution in [3.05, 3.63) is 30.3 Å². The molecule has 0 aliphatic heterocycles. The molecule has 0 spiro atoms. The summed E-state index contributed by atoms with van der Waals surface area (Å²) in [5.41, 5.74) is 0. The minimum atomic E-state index is -3.38. The molecule has 5 heteroatoms. The van der Waals surface area contributed by atoms with Gasteiger partial charge in [-0.25, -0.2) is 13.1 Å². The zero-order valence-electron chi connectivity index (χ0n) is 9.35. The summed E-state index contributed by atoms with van der Waals surface area (Å²) in [5.74, 6) is 0. The molecular weight excluding hydrogens is 290 g/mol. The van der Waals surface area contributed by atoms with Crippen LogP contribution in [-0.4, -0.2) is 19.3 Å². The molecule has 1 N–H and O–H groups in total. The lowest BCUT2D eigenvalue weighted by molar-refractivity contribution is 0.548. The third-order valence-corrected chi connectivity index (χ3v) is 4.07. The number of benzene rings is 1. The molecule has 0 aromatic heterocycles. The van der Waals surface area contributed by atoms with Crippen LogP contribution in [0.25, 0.3) is 0 Å². The first-order chi connectivity index (χ1) is 7.42. The molecule has 1 aromatic rings. The third kappa shape index (κ3) is 4.23. The second-order valence-corrected chi connectivity index (χ2v) is 7.13. The second-order valence-electron chi connectivity index (χ2n) is 3.85. The van der Waals surface area contributed by atoms with Crippen molar-refractivity contribution in [1.29, 1.82) is 0 Å². The van der Waals surface area contributed by atoms with Crippen molar-refractivity contribution < 1.29 is 8.42 Å². The van der Waals surface area contributed by atoms with Crippen LogP contribution in [0.15, 0.2) is 35.2 Å². The Morgan fingerprint density at radius 3 is 2.31 bits per heavy atom. The molecule has 0 saturated carbocycles. The van der Waals surface area contributed by atoms with Crippen molar-refractivity contribution in [2.75, 3.05) is 0 Å². The molecule has 3 nitrogen and oxygen atoms in total. The standard InChI is InChI=1S/C11H16BrNO2S/c1-9(12)8-10(2)13-16(14,15)11-6-4-3-5-7-11/h3-7,9-10,13H,8H2,1-2H3. The van der Waals surface area contributed by atoms with E-state index in [0.29, 0.717) is 9.72 Å². The van der Waals surface area contributed by atoms with Crippen LogP contribution in [-0.2, 0) is 10.0 Å². The van der Waals surface area contributed by atoms with E-state index in [0.717, 1.165) is 6.42 Å². The summed E-state index contributed by atoms with van der Waals surface area (Å²) in [6, 6.07) is 8.32. The molecule has 2 unspecified atom stereocenters. The van der Waals surface area contributed by atoms with Gasteiger partial charge in [0.15, 0.2) is 0 Å². The van der Waals surface area contributed by atoms with Crippen LogP contribution >= 0.6 is 15.9 Å². The highest BCUT2D eigenvalue weighted by molar-refractivity contribution is 9.09. The Kier molecular flexibility index (Phi) is 4.95. The van der Waals surface area contributed by atoms with Gasteiger partial charge in [-0.2, -0.15) is 0 Å². The molecule has 0 amide bonds. The topological polar surface area (TPSA) is 46.2 Å². The minimum absolute atomic E-state index is 0.0837. The predicted molar refractivity (Wildman–Crippen MR) is 69.2 cm³/mol. The summed E-state index contributed by atoms with van der Waals surface area (Å²) in [5, 5.41) is 0. The number of rotatable bonds is 5. The van der Waals surface area contributed by atoms with Crippen LogP contribution < -0.4 is 4.72 Å². The van der Waals surface area contributed by atoms with Gasteiger partial charge in [0, 0.05) is 10.9 Å². The van der Waals surface area contributed by atoms with Gasteiger partial charge < -0.3 is 0 Å². The van der Waals surface area contributed by atoms with Crippen LogP contribution in [0.1, 0.15) is 20.3 Å². The van der Waals surface area contributed by atoms with Crippen molar-refractivity contribution >= 4 is 26.0 Å². The van der Waals surface area contributed by atoms with E-state index in [-0.39, 0.29) is 6.04 Å². The van der Waals surface area contributed by atoms with Gasteiger partial charge in [-0.05, 0) is 25.5 Å². The molecule has 0 aliphatic carbocycles. The second kappa shape index (κ2) is 5.80. The Bertz CT molecular complexity index is 417. The molecule has 0 saturated heterocycles. The lowest BCUT2D eigenvalue weighted by Gasteiger charge is -2.15. The van der Waals surface area contributed by atoms with Crippen LogP contribution in [0, 0.1) is 0 Å². The molecule has 0 bridgehead atoms. The van der Waals surface area contributed by atoms with Crippen LogP contribution in [0.3, 0.4) is 0 Å². The third-order valence-electron chi connectivity index (χ3n) is 2.09. The molecular formula is C11H16BrNO2S. The summed E-state index contributed by atoms with van der Waals surface area (Å²) in [4.78, 5) is 0.602. The maximum absolute atomic E-state index is 11.9. The van der Waals surface area contributed by atoms with Crippen molar-refractivity contribution in [3.63, 3.8) is 0 Å². The van der Waals surface area contributed by atoms with Crippen molar-refractivity contribution in [2.24, 2.45) is 0 Å². The minimum Gasteiger partial charge on any atom is -0.208 e. The number of alkyl halides is 1. The summed E-state index contributed by atoms with van der Waals surface area (Å²) < 4.78 is 26.4. The van der Waals surface area contributed by atoms with Crippen molar-refractivity contribution in [2.45, 2.75) is 36.0 Å². The van der Waals surface area contributed by atoms with E-state index >= 15 is 0 Å². The molecule has 2 atom stereocenters. The molecule has 0 heterocycles. The van der Waals surface area contributed by atoms with E-state index in [2.05, 4.69) is 20.7 Å². The smallest absolute Gasteiger partial charge is 0.208 e.